The predicted molar refractivity (Wildman–Crippen MR) is 183 cm³/mol. The van der Waals surface area contributed by atoms with Crippen LogP contribution in [0.2, 0.25) is 0 Å². The Balaban J connectivity index is 1.20. The number of hydrazine groups is 1. The number of nitrogens with zero attached hydrogens (tertiary/aromatic N) is 7. The van der Waals surface area contributed by atoms with Crippen LogP contribution in [0.1, 0.15) is 29.9 Å². The lowest BCUT2D eigenvalue weighted by molar-refractivity contribution is -0.150. The summed E-state index contributed by atoms with van der Waals surface area (Å²) in [7, 11) is 1.63. The molecule has 5 rings (SSSR count). The zero-order chi connectivity index (χ0) is 38.4. The SMILES string of the molecule is CC(=O)Oc1ccc(C(=O)NNC(=O)CON=C(C(=O)NC2C(=O)N3C(C(=O)O)=C(CSc4nnnn4C)CS[C@H]23)c2csc(N)n2)cc1OC(C)=O. The smallest absolute Gasteiger partial charge is 0.352 e. The number of esters is 2. The van der Waals surface area contributed by atoms with Crippen molar-refractivity contribution in [2.24, 2.45) is 12.2 Å². The Morgan fingerprint density at radius 2 is 1.85 bits per heavy atom. The van der Waals surface area contributed by atoms with E-state index in [1.165, 1.54) is 45.7 Å². The van der Waals surface area contributed by atoms with E-state index in [-0.39, 0.29) is 45.1 Å². The molecule has 53 heavy (non-hydrogen) atoms. The van der Waals surface area contributed by atoms with Gasteiger partial charge in [0.2, 0.25) is 5.16 Å². The van der Waals surface area contributed by atoms with Crippen molar-refractivity contribution in [3.05, 3.63) is 46.1 Å². The number of tetrazole rings is 1. The second-order valence-electron chi connectivity index (χ2n) is 10.6. The summed E-state index contributed by atoms with van der Waals surface area (Å²) in [4.78, 5) is 96.9. The number of nitrogen functional groups attached to an aromatic ring is 1. The molecule has 1 unspecified atom stereocenters. The van der Waals surface area contributed by atoms with Gasteiger partial charge >= 0.3 is 17.9 Å². The van der Waals surface area contributed by atoms with Gasteiger partial charge in [-0.15, -0.1) is 28.2 Å². The van der Waals surface area contributed by atoms with E-state index in [9.17, 15) is 38.7 Å². The number of nitrogens with one attached hydrogen (secondary N) is 3. The highest BCUT2D eigenvalue weighted by molar-refractivity contribution is 8.01. The first kappa shape index (κ1) is 38.2. The number of fused-ring (bicyclic) bond motifs is 1. The minimum atomic E-state index is -1.31. The monoisotopic (exact) mass is 789 g/mol. The Bertz CT molecular complexity index is 2070. The fourth-order valence-corrected chi connectivity index (χ4v) is 7.50. The number of carbonyl (C=O) groups is 7. The van der Waals surface area contributed by atoms with Crippen LogP contribution in [-0.2, 0) is 40.7 Å². The number of rotatable bonds is 13. The lowest BCUT2D eigenvalue weighted by Gasteiger charge is -2.49. The Morgan fingerprint density at radius 3 is 2.49 bits per heavy atom. The van der Waals surface area contributed by atoms with Crippen LogP contribution in [0.4, 0.5) is 5.13 Å². The van der Waals surface area contributed by atoms with Crippen molar-refractivity contribution in [1.29, 1.82) is 0 Å². The number of β-lactam (4-membered cyclic amide) rings is 1. The van der Waals surface area contributed by atoms with Gasteiger partial charge in [0, 0.05) is 43.3 Å². The van der Waals surface area contributed by atoms with Gasteiger partial charge in [-0.1, -0.05) is 16.9 Å². The number of thioether (sulfide) groups is 2. The van der Waals surface area contributed by atoms with Crippen LogP contribution in [0, 0.1) is 0 Å². The Labute approximate surface area is 309 Å². The van der Waals surface area contributed by atoms with E-state index in [0.29, 0.717) is 10.7 Å². The molecule has 22 nitrogen and oxygen atoms in total. The first-order chi connectivity index (χ1) is 25.2. The predicted octanol–water partition coefficient (Wildman–Crippen LogP) is -1.19. The molecule has 0 bridgehead atoms. The zero-order valence-corrected chi connectivity index (χ0v) is 30.0. The van der Waals surface area contributed by atoms with Crippen molar-refractivity contribution in [2.75, 3.05) is 23.8 Å². The van der Waals surface area contributed by atoms with E-state index in [0.717, 1.165) is 36.2 Å². The van der Waals surface area contributed by atoms with E-state index in [2.05, 4.69) is 41.8 Å². The van der Waals surface area contributed by atoms with E-state index < -0.39 is 65.3 Å². The molecular weight excluding hydrogens is 763 g/mol. The fourth-order valence-electron chi connectivity index (χ4n) is 4.61. The Morgan fingerprint density at radius 1 is 1.11 bits per heavy atom. The molecule has 1 saturated heterocycles. The summed E-state index contributed by atoms with van der Waals surface area (Å²) < 4.78 is 11.4. The van der Waals surface area contributed by atoms with Gasteiger partial charge in [0.05, 0.1) is 0 Å². The van der Waals surface area contributed by atoms with Gasteiger partial charge in [0.1, 0.15) is 22.8 Å². The lowest BCUT2D eigenvalue weighted by atomic mass is 10.0. The molecule has 2 atom stereocenters. The van der Waals surface area contributed by atoms with Gasteiger partial charge < -0.3 is 30.5 Å². The van der Waals surface area contributed by atoms with Crippen molar-refractivity contribution in [3.8, 4) is 11.5 Å². The second-order valence-corrected chi connectivity index (χ2v) is 13.6. The summed E-state index contributed by atoms with van der Waals surface area (Å²) in [6, 6.07) is 2.43. The van der Waals surface area contributed by atoms with Gasteiger partial charge in [-0.3, -0.25) is 44.5 Å². The van der Waals surface area contributed by atoms with E-state index in [1.807, 2.05) is 0 Å². The number of carboxylic acid groups (broad SMARTS) is 1. The number of ether oxygens (including phenoxy) is 2. The number of aromatic nitrogens is 5. The number of aryl methyl sites for hydroxylation is 1. The van der Waals surface area contributed by atoms with Crippen molar-refractivity contribution < 1.29 is 53.0 Å². The standard InChI is InChI=1S/C28H27N11O11S3/c1-11(40)49-16-5-4-13(6-17(16)50-12(2)41)22(43)33-32-18(42)7-48-35-19(15-10-52-27(29)30-15)23(44)31-20-24(45)39-21(26(46)47)14(8-51-25(20)39)9-53-28-34-36-37-38(28)3/h4-6,10,20,25H,7-9H2,1-3H3,(H2,29,30)(H,31,44)(H,32,42)(H,33,43)(H,46,47)/t20?,25-/m1/s1. The average molecular weight is 790 g/mol. The fraction of sp³-hybridized carbons (Fsp3) is 0.286. The summed E-state index contributed by atoms with van der Waals surface area (Å²) in [5, 5.41) is 28.5. The summed E-state index contributed by atoms with van der Waals surface area (Å²) in [5.41, 5.74) is 9.63. The number of hydrogen-bond donors (Lipinski definition) is 5. The van der Waals surface area contributed by atoms with Gasteiger partial charge in [-0.2, -0.15) is 0 Å². The number of thiazole rings is 1. The third kappa shape index (κ3) is 9.05. The molecule has 0 spiro atoms. The molecule has 0 saturated carbocycles. The number of carbonyl (C=O) groups excluding carboxylic acids is 6. The van der Waals surface area contributed by atoms with Crippen LogP contribution in [0.25, 0.3) is 0 Å². The largest absolute Gasteiger partial charge is 0.477 e. The van der Waals surface area contributed by atoms with Crippen molar-refractivity contribution in [1.82, 2.24) is 46.3 Å². The molecule has 1 fully saturated rings. The van der Waals surface area contributed by atoms with Crippen molar-refractivity contribution >= 4 is 87.2 Å². The van der Waals surface area contributed by atoms with E-state index >= 15 is 0 Å². The van der Waals surface area contributed by atoms with Gasteiger partial charge in [0.25, 0.3) is 23.6 Å². The third-order valence-electron chi connectivity index (χ3n) is 6.85. The Kier molecular flexibility index (Phi) is 11.9. The number of benzene rings is 1. The van der Waals surface area contributed by atoms with E-state index in [4.69, 9.17) is 20.0 Å². The third-order valence-corrected chi connectivity index (χ3v) is 9.96. The molecule has 2 aliphatic rings. The first-order valence-electron chi connectivity index (χ1n) is 14.8. The van der Waals surface area contributed by atoms with Gasteiger partial charge in [-0.05, 0) is 34.2 Å². The molecule has 6 N–H and O–H groups in total. The maximum Gasteiger partial charge on any atom is 0.352 e. The summed E-state index contributed by atoms with van der Waals surface area (Å²) >= 11 is 3.43. The van der Waals surface area contributed by atoms with Gasteiger partial charge in [-0.25, -0.2) is 14.5 Å². The topological polar surface area (TPSA) is 302 Å². The molecular formula is C28H27N11O11S3. The van der Waals surface area contributed by atoms with Crippen LogP contribution in [0.3, 0.4) is 0 Å². The molecule has 2 aromatic heterocycles. The zero-order valence-electron chi connectivity index (χ0n) is 27.5. The summed E-state index contributed by atoms with van der Waals surface area (Å²) in [6.07, 6.45) is 0. The highest BCUT2D eigenvalue weighted by atomic mass is 32.2. The van der Waals surface area contributed by atoms with Crippen LogP contribution in [0.5, 0.6) is 11.5 Å². The summed E-state index contributed by atoms with van der Waals surface area (Å²) in [6.45, 7) is 1.43. The maximum atomic E-state index is 13.4. The maximum absolute atomic E-state index is 13.4. The van der Waals surface area contributed by atoms with Crippen molar-refractivity contribution in [3.63, 3.8) is 0 Å². The number of aliphatic carboxylic acids is 1. The lowest BCUT2D eigenvalue weighted by Crippen LogP contribution is -2.71. The minimum absolute atomic E-state index is 0.0388. The molecule has 25 heteroatoms. The molecule has 1 aromatic carbocycles. The Hall–Kier alpha value is -6.08. The van der Waals surface area contributed by atoms with Gasteiger partial charge in [0.15, 0.2) is 28.9 Å². The van der Waals surface area contributed by atoms with Crippen LogP contribution >= 0.6 is 34.9 Å². The summed E-state index contributed by atoms with van der Waals surface area (Å²) in [5.74, 6) is -6.01. The molecule has 278 valence electrons. The molecule has 4 amide bonds. The number of hydrogen-bond acceptors (Lipinski definition) is 19. The highest BCUT2D eigenvalue weighted by Crippen LogP contribution is 2.41. The molecule has 3 aromatic rings. The van der Waals surface area contributed by atoms with Crippen LogP contribution in [0.15, 0.2) is 45.2 Å². The number of anilines is 1. The van der Waals surface area contributed by atoms with Crippen LogP contribution < -0.4 is 31.4 Å². The number of amides is 4. The molecule has 2 aliphatic heterocycles. The van der Waals surface area contributed by atoms with E-state index in [1.54, 1.807) is 7.05 Å². The van der Waals surface area contributed by atoms with Crippen LogP contribution in [-0.4, -0.2) is 112 Å². The normalized spacial score (nSPS) is 16.5. The first-order valence-corrected chi connectivity index (χ1v) is 17.7. The quantitative estimate of drug-likeness (QED) is 0.0340. The molecule has 4 heterocycles. The minimum Gasteiger partial charge on any atom is -0.477 e. The highest BCUT2D eigenvalue weighted by Gasteiger charge is 2.54. The van der Waals surface area contributed by atoms with Crippen molar-refractivity contribution in [2.45, 2.75) is 30.4 Å². The number of oxime groups is 1. The molecule has 0 radical (unpaired) electrons. The molecule has 0 aliphatic carbocycles. The number of carboxylic acids is 1. The number of nitrogens with two attached hydrogens (primary N) is 1. The average Bonchev–Trinajstić information content (AvgIpc) is 3.73. The second kappa shape index (κ2) is 16.5.